The van der Waals surface area contributed by atoms with Gasteiger partial charge in [0.2, 0.25) is 0 Å². The summed E-state index contributed by atoms with van der Waals surface area (Å²) in [6.45, 7) is 6.54. The Kier molecular flexibility index (Phi) is 7.63. The standard InChI is InChI=1S/C27H27N3O3S2/c1-3-5-10-20-15-16-24-25(18-20)34-27(30(24)17-4-2)28-26(31)21-11-9-12-22(19-21)29-35(32,33)23-13-7-6-8-14-23/h4,6-9,11-16,18-19,29H,2-3,5,10,17H2,1H3. The number of amides is 1. The summed E-state index contributed by atoms with van der Waals surface area (Å²) in [4.78, 5) is 18.2. The molecule has 1 aromatic heterocycles. The van der Waals surface area contributed by atoms with Crippen molar-refractivity contribution in [2.45, 2.75) is 37.6 Å². The maximum absolute atomic E-state index is 13.1. The van der Waals surface area contributed by atoms with E-state index in [0.717, 1.165) is 29.5 Å². The molecule has 35 heavy (non-hydrogen) atoms. The van der Waals surface area contributed by atoms with Crippen molar-refractivity contribution >= 4 is 43.2 Å². The number of nitrogens with zero attached hydrogens (tertiary/aromatic N) is 2. The second kappa shape index (κ2) is 10.8. The lowest BCUT2D eigenvalue weighted by Crippen LogP contribution is -2.16. The first-order valence-corrected chi connectivity index (χ1v) is 13.7. The zero-order valence-electron chi connectivity index (χ0n) is 19.5. The van der Waals surface area contributed by atoms with Gasteiger partial charge in [-0.15, -0.1) is 6.58 Å². The summed E-state index contributed by atoms with van der Waals surface area (Å²) in [5.41, 5.74) is 2.86. The smallest absolute Gasteiger partial charge is 0.279 e. The number of carbonyl (C=O) groups is 1. The molecule has 0 aliphatic carbocycles. The van der Waals surface area contributed by atoms with Crippen LogP contribution < -0.4 is 9.52 Å². The summed E-state index contributed by atoms with van der Waals surface area (Å²) in [6, 6.07) is 20.8. The van der Waals surface area contributed by atoms with Gasteiger partial charge in [0.05, 0.1) is 15.1 Å². The van der Waals surface area contributed by atoms with Crippen molar-refractivity contribution in [2.75, 3.05) is 4.72 Å². The van der Waals surface area contributed by atoms with Gasteiger partial charge in [-0.1, -0.05) is 61.1 Å². The molecule has 4 rings (SSSR count). The number of nitrogens with one attached hydrogen (secondary N) is 1. The van der Waals surface area contributed by atoms with Gasteiger partial charge in [-0.2, -0.15) is 4.99 Å². The average molecular weight is 506 g/mol. The molecule has 6 nitrogen and oxygen atoms in total. The van der Waals surface area contributed by atoms with Crippen LogP contribution in [0.15, 0.2) is 95.3 Å². The number of benzene rings is 3. The number of thiazole rings is 1. The number of unbranched alkanes of at least 4 members (excludes halogenated alkanes) is 1. The molecule has 3 aromatic carbocycles. The van der Waals surface area contributed by atoms with E-state index in [1.807, 2.05) is 4.57 Å². The minimum absolute atomic E-state index is 0.149. The van der Waals surface area contributed by atoms with Gasteiger partial charge in [-0.3, -0.25) is 9.52 Å². The van der Waals surface area contributed by atoms with Crippen LogP contribution >= 0.6 is 11.3 Å². The predicted molar refractivity (Wildman–Crippen MR) is 142 cm³/mol. The highest BCUT2D eigenvalue weighted by Crippen LogP contribution is 2.21. The van der Waals surface area contributed by atoms with E-state index in [1.165, 1.54) is 35.1 Å². The molecule has 0 spiro atoms. The van der Waals surface area contributed by atoms with E-state index in [4.69, 9.17) is 0 Å². The third-order valence-corrected chi connectivity index (χ3v) is 7.93. The molecule has 0 aliphatic heterocycles. The summed E-state index contributed by atoms with van der Waals surface area (Å²) in [6.07, 6.45) is 5.06. The first-order chi connectivity index (χ1) is 16.9. The van der Waals surface area contributed by atoms with Crippen LogP contribution in [0.5, 0.6) is 0 Å². The molecule has 0 saturated carbocycles. The molecule has 1 amide bonds. The van der Waals surface area contributed by atoms with Crippen molar-refractivity contribution in [2.24, 2.45) is 4.99 Å². The Morgan fingerprint density at radius 1 is 1.09 bits per heavy atom. The van der Waals surface area contributed by atoms with Crippen molar-refractivity contribution in [3.63, 3.8) is 0 Å². The molecule has 1 heterocycles. The summed E-state index contributed by atoms with van der Waals surface area (Å²) >= 11 is 1.46. The number of hydrogen-bond acceptors (Lipinski definition) is 4. The fourth-order valence-corrected chi connectivity index (χ4v) is 5.90. The van der Waals surface area contributed by atoms with E-state index < -0.39 is 15.9 Å². The van der Waals surface area contributed by atoms with Crippen molar-refractivity contribution < 1.29 is 13.2 Å². The molecule has 4 aromatic rings. The Hall–Kier alpha value is -3.49. The van der Waals surface area contributed by atoms with Gasteiger partial charge in [-0.05, 0) is 60.9 Å². The first kappa shape index (κ1) is 24.6. The molecule has 0 fully saturated rings. The third-order valence-electron chi connectivity index (χ3n) is 5.49. The Balaban J connectivity index is 1.66. The number of aryl methyl sites for hydroxylation is 1. The minimum atomic E-state index is -3.76. The summed E-state index contributed by atoms with van der Waals surface area (Å²) in [5.74, 6) is -0.443. The lowest BCUT2D eigenvalue weighted by atomic mass is 10.1. The molecule has 0 aliphatic rings. The molecule has 8 heteroatoms. The highest BCUT2D eigenvalue weighted by Gasteiger charge is 2.15. The number of anilines is 1. The first-order valence-electron chi connectivity index (χ1n) is 11.4. The Morgan fingerprint density at radius 3 is 2.63 bits per heavy atom. The lowest BCUT2D eigenvalue weighted by molar-refractivity contribution is 0.0998. The third kappa shape index (κ3) is 5.78. The molecular formula is C27H27N3O3S2. The SMILES string of the molecule is C=CCn1c(=NC(=O)c2cccc(NS(=O)(=O)c3ccccc3)c2)sc2cc(CCCC)ccc21. The highest BCUT2D eigenvalue weighted by molar-refractivity contribution is 7.92. The van der Waals surface area contributed by atoms with E-state index in [2.05, 4.69) is 41.4 Å². The van der Waals surface area contributed by atoms with Gasteiger partial charge in [0.25, 0.3) is 15.9 Å². The van der Waals surface area contributed by atoms with E-state index in [1.54, 1.807) is 42.5 Å². The number of hydrogen-bond donors (Lipinski definition) is 1. The average Bonchev–Trinajstić information content (AvgIpc) is 3.19. The Bertz CT molecular complexity index is 1530. The van der Waals surface area contributed by atoms with Crippen molar-refractivity contribution in [1.29, 1.82) is 0 Å². The summed E-state index contributed by atoms with van der Waals surface area (Å²) in [7, 11) is -3.76. The second-order valence-corrected chi connectivity index (χ2v) is 10.8. The van der Waals surface area contributed by atoms with Crippen LogP contribution in [-0.2, 0) is 23.0 Å². The van der Waals surface area contributed by atoms with Gasteiger partial charge in [-0.25, -0.2) is 8.42 Å². The fourth-order valence-electron chi connectivity index (χ4n) is 3.73. The fraction of sp³-hybridized carbons (Fsp3) is 0.185. The molecule has 0 unspecified atom stereocenters. The van der Waals surface area contributed by atoms with E-state index >= 15 is 0 Å². The zero-order chi connectivity index (χ0) is 24.8. The number of rotatable bonds is 9. The number of aromatic nitrogens is 1. The van der Waals surface area contributed by atoms with Crippen LogP contribution in [0.25, 0.3) is 10.2 Å². The monoisotopic (exact) mass is 505 g/mol. The molecule has 0 saturated heterocycles. The van der Waals surface area contributed by atoms with Crippen LogP contribution in [0, 0.1) is 0 Å². The van der Waals surface area contributed by atoms with Crippen molar-refractivity contribution in [1.82, 2.24) is 4.57 Å². The normalized spacial score (nSPS) is 12.1. The van der Waals surface area contributed by atoms with Gasteiger partial charge >= 0.3 is 0 Å². The number of fused-ring (bicyclic) bond motifs is 1. The molecular weight excluding hydrogens is 478 g/mol. The summed E-state index contributed by atoms with van der Waals surface area (Å²) in [5, 5.41) is 0. The van der Waals surface area contributed by atoms with Crippen molar-refractivity contribution in [3.8, 4) is 0 Å². The lowest BCUT2D eigenvalue weighted by Gasteiger charge is -2.08. The molecule has 180 valence electrons. The van der Waals surface area contributed by atoms with Gasteiger partial charge in [0.1, 0.15) is 0 Å². The number of sulfonamides is 1. The van der Waals surface area contributed by atoms with Crippen LogP contribution in [0.3, 0.4) is 0 Å². The maximum atomic E-state index is 13.1. The Morgan fingerprint density at radius 2 is 1.89 bits per heavy atom. The van der Waals surface area contributed by atoms with Gasteiger partial charge in [0.15, 0.2) is 4.80 Å². The highest BCUT2D eigenvalue weighted by atomic mass is 32.2. The number of carbonyl (C=O) groups excluding carboxylic acids is 1. The van der Waals surface area contributed by atoms with Gasteiger partial charge in [0, 0.05) is 17.8 Å². The van der Waals surface area contributed by atoms with E-state index in [0.29, 0.717) is 22.6 Å². The largest absolute Gasteiger partial charge is 0.312 e. The summed E-state index contributed by atoms with van der Waals surface area (Å²) < 4.78 is 30.9. The topological polar surface area (TPSA) is 80.5 Å². The van der Waals surface area contributed by atoms with Crippen LogP contribution in [0.2, 0.25) is 0 Å². The zero-order valence-corrected chi connectivity index (χ0v) is 21.1. The molecule has 1 N–H and O–H groups in total. The van der Waals surface area contributed by atoms with E-state index in [-0.39, 0.29) is 4.90 Å². The minimum Gasteiger partial charge on any atom is -0.312 e. The van der Waals surface area contributed by atoms with Crippen LogP contribution in [0.4, 0.5) is 5.69 Å². The molecule has 0 bridgehead atoms. The number of allylic oxidation sites excluding steroid dienone is 1. The second-order valence-electron chi connectivity index (χ2n) is 8.11. The van der Waals surface area contributed by atoms with E-state index in [9.17, 15) is 13.2 Å². The van der Waals surface area contributed by atoms with Gasteiger partial charge < -0.3 is 4.57 Å². The quantitative estimate of drug-likeness (QED) is 0.293. The maximum Gasteiger partial charge on any atom is 0.279 e. The van der Waals surface area contributed by atoms with Crippen LogP contribution in [-0.4, -0.2) is 18.9 Å². The predicted octanol–water partition coefficient (Wildman–Crippen LogP) is 5.77. The van der Waals surface area contributed by atoms with Crippen molar-refractivity contribution in [3.05, 3.63) is 101 Å². The molecule has 0 atom stereocenters. The Labute approximate surface area is 209 Å². The molecule has 0 radical (unpaired) electrons. The van der Waals surface area contributed by atoms with Crippen LogP contribution in [0.1, 0.15) is 35.7 Å².